The Labute approximate surface area is 132 Å². The summed E-state index contributed by atoms with van der Waals surface area (Å²) in [5, 5.41) is 12.6. The van der Waals surface area contributed by atoms with E-state index in [9.17, 15) is 9.90 Å². The first-order chi connectivity index (χ1) is 8.72. The van der Waals surface area contributed by atoms with Gasteiger partial charge in [-0.05, 0) is 25.2 Å². The Bertz CT molecular complexity index is 321. The number of carbonyl (C=O) groups is 1. The second kappa shape index (κ2) is 7.80. The molecular formula is C13H25Cl2N3O2. The summed E-state index contributed by atoms with van der Waals surface area (Å²) >= 11 is 0. The molecule has 0 aromatic rings. The number of piperazine rings is 1. The predicted octanol–water partition coefficient (Wildman–Crippen LogP) is 0.107. The van der Waals surface area contributed by atoms with Gasteiger partial charge in [0.05, 0.1) is 12.1 Å². The van der Waals surface area contributed by atoms with Crippen LogP contribution in [0.15, 0.2) is 0 Å². The van der Waals surface area contributed by atoms with Crippen molar-refractivity contribution in [1.29, 1.82) is 0 Å². The average Bonchev–Trinajstić information content (AvgIpc) is 3.09. The van der Waals surface area contributed by atoms with E-state index in [1.54, 1.807) is 0 Å². The second-order valence-corrected chi connectivity index (χ2v) is 5.92. The van der Waals surface area contributed by atoms with Gasteiger partial charge in [-0.25, -0.2) is 0 Å². The average molecular weight is 326 g/mol. The van der Waals surface area contributed by atoms with Crippen LogP contribution in [0.25, 0.3) is 0 Å². The van der Waals surface area contributed by atoms with Gasteiger partial charge in [0.2, 0.25) is 5.91 Å². The lowest BCUT2D eigenvalue weighted by molar-refractivity contribution is -0.135. The minimum Gasteiger partial charge on any atom is -0.392 e. The number of halogens is 2. The number of nitrogens with zero attached hydrogens (tertiary/aromatic N) is 2. The summed E-state index contributed by atoms with van der Waals surface area (Å²) in [6, 6.07) is -0.157. The van der Waals surface area contributed by atoms with Crippen LogP contribution in [-0.4, -0.2) is 72.2 Å². The van der Waals surface area contributed by atoms with Crippen LogP contribution in [0.1, 0.15) is 19.3 Å². The summed E-state index contributed by atoms with van der Waals surface area (Å²) < 4.78 is 0. The molecule has 3 fully saturated rings. The molecule has 5 nitrogen and oxygen atoms in total. The molecule has 0 radical (unpaired) electrons. The Balaban J connectivity index is 0.000001000. The molecule has 7 heteroatoms. The predicted molar refractivity (Wildman–Crippen MR) is 82.7 cm³/mol. The van der Waals surface area contributed by atoms with Gasteiger partial charge in [0, 0.05) is 39.3 Å². The minimum atomic E-state index is -0.352. The first kappa shape index (κ1) is 18.0. The van der Waals surface area contributed by atoms with Gasteiger partial charge in [-0.1, -0.05) is 0 Å². The highest BCUT2D eigenvalue weighted by atomic mass is 35.5. The van der Waals surface area contributed by atoms with Gasteiger partial charge in [0.25, 0.3) is 0 Å². The quantitative estimate of drug-likeness (QED) is 0.773. The Morgan fingerprint density at radius 2 is 1.80 bits per heavy atom. The molecule has 2 atom stereocenters. The fourth-order valence-electron chi connectivity index (χ4n) is 2.94. The molecule has 3 rings (SSSR count). The van der Waals surface area contributed by atoms with Crippen molar-refractivity contribution >= 4 is 30.7 Å². The van der Waals surface area contributed by atoms with Crippen LogP contribution in [0.4, 0.5) is 0 Å². The largest absolute Gasteiger partial charge is 0.392 e. The van der Waals surface area contributed by atoms with Crippen LogP contribution in [0, 0.1) is 5.92 Å². The second-order valence-electron chi connectivity index (χ2n) is 5.92. The zero-order valence-corrected chi connectivity index (χ0v) is 13.3. The van der Waals surface area contributed by atoms with E-state index in [1.165, 1.54) is 19.4 Å². The number of carbonyl (C=O) groups excluding carboxylic acids is 1. The molecule has 2 N–H and O–H groups in total. The Morgan fingerprint density at radius 1 is 1.15 bits per heavy atom. The standard InChI is InChI=1S/C13H23N3O2.2ClH/c17-11-7-12(14-8-11)13(18)16-5-3-15(4-6-16)9-10-1-2-10;;/h10-12,14,17H,1-9H2;2*1H. The van der Waals surface area contributed by atoms with Gasteiger partial charge in [0.15, 0.2) is 0 Å². The monoisotopic (exact) mass is 325 g/mol. The van der Waals surface area contributed by atoms with Crippen molar-refractivity contribution in [3.05, 3.63) is 0 Å². The topological polar surface area (TPSA) is 55.8 Å². The van der Waals surface area contributed by atoms with Gasteiger partial charge in [0.1, 0.15) is 0 Å². The van der Waals surface area contributed by atoms with E-state index in [0.717, 1.165) is 32.1 Å². The van der Waals surface area contributed by atoms with Crippen LogP contribution < -0.4 is 5.32 Å². The van der Waals surface area contributed by atoms with E-state index < -0.39 is 0 Å². The molecule has 3 aliphatic rings. The summed E-state index contributed by atoms with van der Waals surface area (Å²) in [7, 11) is 0. The van der Waals surface area contributed by atoms with Crippen molar-refractivity contribution in [3.63, 3.8) is 0 Å². The third-order valence-corrected chi connectivity index (χ3v) is 4.30. The zero-order valence-electron chi connectivity index (χ0n) is 11.7. The minimum absolute atomic E-state index is 0. The number of amides is 1. The van der Waals surface area contributed by atoms with Gasteiger partial charge in [-0.3, -0.25) is 9.69 Å². The lowest BCUT2D eigenvalue weighted by Crippen LogP contribution is -2.53. The molecule has 2 aliphatic heterocycles. The lowest BCUT2D eigenvalue weighted by atomic mass is 10.1. The fraction of sp³-hybridized carbons (Fsp3) is 0.923. The number of β-amino-alcohol motifs (C(OH)–C–C–N with tert-alkyl or cyclic N) is 1. The highest BCUT2D eigenvalue weighted by molar-refractivity contribution is 5.85. The van der Waals surface area contributed by atoms with Crippen LogP contribution in [0.3, 0.4) is 0 Å². The third-order valence-electron chi connectivity index (χ3n) is 4.30. The summed E-state index contributed by atoms with van der Waals surface area (Å²) in [5.74, 6) is 1.11. The maximum atomic E-state index is 12.2. The first-order valence-corrected chi connectivity index (χ1v) is 7.15. The Kier molecular flexibility index (Phi) is 7.01. The molecule has 0 aromatic carbocycles. The summed E-state index contributed by atoms with van der Waals surface area (Å²) in [6.45, 7) is 5.50. The fourth-order valence-corrected chi connectivity index (χ4v) is 2.94. The van der Waals surface area contributed by atoms with E-state index in [1.807, 2.05) is 4.90 Å². The van der Waals surface area contributed by atoms with Gasteiger partial charge >= 0.3 is 0 Å². The molecule has 118 valence electrons. The molecule has 1 saturated carbocycles. The van der Waals surface area contributed by atoms with Crippen molar-refractivity contribution in [1.82, 2.24) is 15.1 Å². The molecule has 2 saturated heterocycles. The lowest BCUT2D eigenvalue weighted by Gasteiger charge is -2.36. The van der Waals surface area contributed by atoms with Crippen molar-refractivity contribution in [2.24, 2.45) is 5.92 Å². The number of nitrogens with one attached hydrogen (secondary N) is 1. The maximum absolute atomic E-state index is 12.2. The van der Waals surface area contributed by atoms with Crippen molar-refractivity contribution in [2.75, 3.05) is 39.3 Å². The number of rotatable bonds is 3. The van der Waals surface area contributed by atoms with Crippen molar-refractivity contribution in [3.8, 4) is 0 Å². The molecule has 1 amide bonds. The maximum Gasteiger partial charge on any atom is 0.239 e. The van der Waals surface area contributed by atoms with E-state index in [-0.39, 0.29) is 42.9 Å². The van der Waals surface area contributed by atoms with E-state index >= 15 is 0 Å². The van der Waals surface area contributed by atoms with E-state index in [0.29, 0.717) is 13.0 Å². The highest BCUT2D eigenvalue weighted by Crippen LogP contribution is 2.29. The van der Waals surface area contributed by atoms with E-state index in [4.69, 9.17) is 0 Å². The van der Waals surface area contributed by atoms with Gasteiger partial charge < -0.3 is 15.3 Å². The van der Waals surface area contributed by atoms with Crippen molar-refractivity contribution in [2.45, 2.75) is 31.4 Å². The van der Waals surface area contributed by atoms with E-state index in [2.05, 4.69) is 10.2 Å². The third kappa shape index (κ3) is 4.46. The number of hydrogen-bond donors (Lipinski definition) is 2. The molecule has 0 spiro atoms. The molecule has 2 unspecified atom stereocenters. The van der Waals surface area contributed by atoms with Crippen LogP contribution >= 0.6 is 24.8 Å². The molecular weight excluding hydrogens is 301 g/mol. The van der Waals surface area contributed by atoms with Gasteiger partial charge in [-0.15, -0.1) is 24.8 Å². The van der Waals surface area contributed by atoms with Crippen molar-refractivity contribution < 1.29 is 9.90 Å². The highest BCUT2D eigenvalue weighted by Gasteiger charge is 2.33. The first-order valence-electron chi connectivity index (χ1n) is 7.15. The summed E-state index contributed by atoms with van der Waals surface area (Å²) in [5.41, 5.74) is 0. The SMILES string of the molecule is Cl.Cl.O=C(C1CC(O)CN1)N1CCN(CC2CC2)CC1. The number of hydrogen-bond acceptors (Lipinski definition) is 4. The van der Waals surface area contributed by atoms with Crippen LogP contribution in [-0.2, 0) is 4.79 Å². The number of aliphatic hydroxyl groups is 1. The zero-order chi connectivity index (χ0) is 12.5. The molecule has 20 heavy (non-hydrogen) atoms. The number of aliphatic hydroxyl groups excluding tert-OH is 1. The van der Waals surface area contributed by atoms with Crippen LogP contribution in [0.2, 0.25) is 0 Å². The van der Waals surface area contributed by atoms with Crippen LogP contribution in [0.5, 0.6) is 0 Å². The smallest absolute Gasteiger partial charge is 0.239 e. The Hall–Kier alpha value is -0.0700. The Morgan fingerprint density at radius 3 is 2.30 bits per heavy atom. The summed E-state index contributed by atoms with van der Waals surface area (Å²) in [4.78, 5) is 16.7. The summed E-state index contributed by atoms with van der Waals surface area (Å²) in [6.07, 6.45) is 3.00. The molecule has 0 aromatic heterocycles. The molecule has 1 aliphatic carbocycles. The normalized spacial score (nSPS) is 30.6. The molecule has 0 bridgehead atoms. The van der Waals surface area contributed by atoms with Gasteiger partial charge in [-0.2, -0.15) is 0 Å². The molecule has 2 heterocycles.